The van der Waals surface area contributed by atoms with Crippen molar-refractivity contribution < 1.29 is 23.7 Å². The van der Waals surface area contributed by atoms with Crippen LogP contribution in [0.5, 0.6) is 0 Å². The van der Waals surface area contributed by atoms with Crippen molar-refractivity contribution in [3.05, 3.63) is 17.8 Å². The molecular weight excluding hydrogens is 508 g/mol. The van der Waals surface area contributed by atoms with Crippen molar-refractivity contribution in [1.29, 1.82) is 0 Å². The molecule has 0 N–H and O–H groups in total. The van der Waals surface area contributed by atoms with Gasteiger partial charge in [0.05, 0.1) is 19.0 Å². The number of hydrogen-bond donors (Lipinski definition) is 0. The lowest BCUT2D eigenvalue weighted by Crippen LogP contribution is -2.49. The van der Waals surface area contributed by atoms with Crippen LogP contribution >= 0.6 is 11.6 Å². The Kier molecular flexibility index (Phi) is 14.2. The second-order valence-electron chi connectivity index (χ2n) is 9.92. The third-order valence-electron chi connectivity index (χ3n) is 6.82. The van der Waals surface area contributed by atoms with Crippen LogP contribution in [0.2, 0.25) is 5.15 Å². The molecule has 1 aliphatic rings. The van der Waals surface area contributed by atoms with E-state index in [0.29, 0.717) is 55.8 Å². The summed E-state index contributed by atoms with van der Waals surface area (Å²) in [5.41, 5.74) is 1.18. The highest BCUT2D eigenvalue weighted by Crippen LogP contribution is 2.34. The fourth-order valence-electron chi connectivity index (χ4n) is 4.56. The fraction of sp³-hybridized carbons (Fsp3) is 0.821. The molecule has 216 valence electrons. The van der Waals surface area contributed by atoms with E-state index >= 15 is 0 Å². The first-order chi connectivity index (χ1) is 18.6. The third kappa shape index (κ3) is 8.83. The number of unbranched alkanes of at least 4 members (excludes halogenated alkanes) is 4. The summed E-state index contributed by atoms with van der Waals surface area (Å²) in [7, 11) is 0. The molecule has 10 heteroatoms. The first-order valence-electron chi connectivity index (χ1n) is 14.5. The summed E-state index contributed by atoms with van der Waals surface area (Å²) in [6.45, 7) is 11.7. The molecule has 38 heavy (non-hydrogen) atoms. The third-order valence-corrected chi connectivity index (χ3v) is 7.09. The van der Waals surface area contributed by atoms with Crippen molar-refractivity contribution in [2.75, 3.05) is 33.0 Å². The van der Waals surface area contributed by atoms with E-state index in [-0.39, 0.29) is 24.4 Å². The minimum absolute atomic E-state index is 0.231. The molecule has 2 aromatic rings. The van der Waals surface area contributed by atoms with Crippen LogP contribution in [0, 0.1) is 0 Å². The Bertz CT molecular complexity index is 916. The van der Waals surface area contributed by atoms with Crippen LogP contribution in [0.15, 0.2) is 12.7 Å². The van der Waals surface area contributed by atoms with Gasteiger partial charge in [-0.05, 0) is 25.7 Å². The van der Waals surface area contributed by atoms with Crippen LogP contribution in [-0.4, -0.2) is 77.0 Å². The highest BCUT2D eigenvalue weighted by atomic mass is 35.5. The van der Waals surface area contributed by atoms with E-state index in [0.717, 1.165) is 51.4 Å². The minimum atomic E-state index is -0.408. The fourth-order valence-corrected chi connectivity index (χ4v) is 4.73. The van der Waals surface area contributed by atoms with Gasteiger partial charge in [-0.3, -0.25) is 4.57 Å². The summed E-state index contributed by atoms with van der Waals surface area (Å²) >= 11 is 6.32. The lowest BCUT2D eigenvalue weighted by molar-refractivity contribution is -0.176. The normalized spacial score (nSPS) is 24.2. The average molecular weight is 555 g/mol. The Labute approximate surface area is 232 Å². The molecule has 0 saturated carbocycles. The molecule has 1 fully saturated rings. The number of fused-ring (bicyclic) bond motifs is 1. The quantitative estimate of drug-likeness (QED) is 0.160. The Hall–Kier alpha value is -1.36. The summed E-state index contributed by atoms with van der Waals surface area (Å²) < 4.78 is 34.5. The highest BCUT2D eigenvalue weighted by molar-refractivity contribution is 6.33. The molecule has 3 heterocycles. The summed E-state index contributed by atoms with van der Waals surface area (Å²) in [6.07, 6.45) is 10.3. The molecule has 0 unspecified atom stereocenters. The monoisotopic (exact) mass is 554 g/mol. The predicted molar refractivity (Wildman–Crippen MR) is 149 cm³/mol. The lowest BCUT2D eigenvalue weighted by Gasteiger charge is -2.34. The van der Waals surface area contributed by atoms with Gasteiger partial charge in [0.25, 0.3) is 0 Å². The van der Waals surface area contributed by atoms with Crippen molar-refractivity contribution in [2.45, 2.75) is 116 Å². The van der Waals surface area contributed by atoms with Gasteiger partial charge in [-0.25, -0.2) is 15.0 Å². The van der Waals surface area contributed by atoms with Gasteiger partial charge in [0.1, 0.15) is 36.4 Å². The van der Waals surface area contributed by atoms with Crippen molar-refractivity contribution in [3.8, 4) is 0 Å². The van der Waals surface area contributed by atoms with Crippen LogP contribution in [-0.2, 0) is 23.7 Å². The van der Waals surface area contributed by atoms with Gasteiger partial charge in [-0.15, -0.1) is 0 Å². The molecule has 1 aliphatic heterocycles. The van der Waals surface area contributed by atoms with Gasteiger partial charge < -0.3 is 23.7 Å². The molecule has 0 spiro atoms. The maximum absolute atomic E-state index is 6.81. The number of rotatable bonds is 18. The van der Waals surface area contributed by atoms with Crippen molar-refractivity contribution in [2.24, 2.45) is 0 Å². The highest BCUT2D eigenvalue weighted by Gasteiger charge is 2.44. The zero-order chi connectivity index (χ0) is 27.2. The average Bonchev–Trinajstić information content (AvgIpc) is 3.30. The molecule has 3 rings (SSSR count). The largest absolute Gasteiger partial charge is 0.379 e. The zero-order valence-electron chi connectivity index (χ0n) is 23.6. The Morgan fingerprint density at radius 1 is 0.842 bits per heavy atom. The predicted octanol–water partition coefficient (Wildman–Crippen LogP) is 6.14. The van der Waals surface area contributed by atoms with Gasteiger partial charge in [-0.1, -0.05) is 65.0 Å². The first-order valence-corrected chi connectivity index (χ1v) is 14.9. The number of halogens is 1. The van der Waals surface area contributed by atoms with Gasteiger partial charge in [0, 0.05) is 32.8 Å². The van der Waals surface area contributed by atoms with Crippen LogP contribution in [0.3, 0.4) is 0 Å². The van der Waals surface area contributed by atoms with E-state index in [1.54, 1.807) is 6.33 Å². The maximum atomic E-state index is 6.81. The summed E-state index contributed by atoms with van der Waals surface area (Å²) in [6, 6.07) is 0. The summed E-state index contributed by atoms with van der Waals surface area (Å²) in [4.78, 5) is 13.0. The number of aromatic nitrogens is 4. The second-order valence-corrected chi connectivity index (χ2v) is 10.3. The van der Waals surface area contributed by atoms with Crippen molar-refractivity contribution in [1.82, 2.24) is 19.5 Å². The van der Waals surface area contributed by atoms with Gasteiger partial charge in [0.2, 0.25) is 0 Å². The van der Waals surface area contributed by atoms with Crippen molar-refractivity contribution >= 4 is 22.8 Å². The smallest absolute Gasteiger partial charge is 0.166 e. The maximum Gasteiger partial charge on any atom is 0.166 e. The van der Waals surface area contributed by atoms with Crippen LogP contribution in [0.1, 0.15) is 91.7 Å². The second kappa shape index (κ2) is 17.4. The topological polar surface area (TPSA) is 89.8 Å². The standard InChI is InChI=1S/C28H47ClN4O5/c1-5-9-13-34-18-22-26(37-16-12-8-4)25(36-15-11-7-3)21(35-14-10-6-2)17-23(38-22)33-20-32-24-27(29)30-19-31-28(24)33/h19-23,25-26H,5-18H2,1-4H3/t21-,22+,23+,25-,26+/m0/s1. The molecule has 0 aliphatic carbocycles. The Morgan fingerprint density at radius 3 is 2.16 bits per heavy atom. The molecular formula is C28H47ClN4O5. The van der Waals surface area contributed by atoms with E-state index in [9.17, 15) is 0 Å². The molecule has 5 atom stereocenters. The number of hydrogen-bond acceptors (Lipinski definition) is 8. The zero-order valence-corrected chi connectivity index (χ0v) is 24.4. The van der Waals surface area contributed by atoms with Crippen LogP contribution in [0.4, 0.5) is 0 Å². The lowest BCUT2D eigenvalue weighted by atomic mass is 10.0. The number of imidazole rings is 1. The van der Waals surface area contributed by atoms with E-state index in [4.69, 9.17) is 35.3 Å². The van der Waals surface area contributed by atoms with Crippen molar-refractivity contribution in [3.63, 3.8) is 0 Å². The molecule has 0 radical (unpaired) electrons. The molecule has 1 saturated heterocycles. The summed E-state index contributed by atoms with van der Waals surface area (Å²) in [5.74, 6) is 0. The van der Waals surface area contributed by atoms with Gasteiger partial charge in [-0.2, -0.15) is 0 Å². The molecule has 9 nitrogen and oxygen atoms in total. The first kappa shape index (κ1) is 31.2. The number of nitrogens with zero attached hydrogens (tertiary/aromatic N) is 4. The SMILES string of the molecule is CCCCOC[C@H]1O[C@@H](n2cnc3c(Cl)ncnc32)C[C@H](OCCCC)[C@H](OCCCC)[C@@H]1OCCCC. The van der Waals surface area contributed by atoms with E-state index in [1.807, 2.05) is 4.57 Å². The minimum Gasteiger partial charge on any atom is -0.379 e. The van der Waals surface area contributed by atoms with E-state index in [1.165, 1.54) is 6.33 Å². The van der Waals surface area contributed by atoms with Gasteiger partial charge >= 0.3 is 0 Å². The van der Waals surface area contributed by atoms with E-state index in [2.05, 4.69) is 42.6 Å². The summed E-state index contributed by atoms with van der Waals surface area (Å²) in [5, 5.41) is 0.319. The van der Waals surface area contributed by atoms with Crippen LogP contribution < -0.4 is 0 Å². The number of ether oxygens (including phenoxy) is 5. The molecule has 0 aromatic carbocycles. The van der Waals surface area contributed by atoms with Crippen LogP contribution in [0.25, 0.3) is 11.2 Å². The molecule has 0 amide bonds. The van der Waals surface area contributed by atoms with E-state index < -0.39 is 6.23 Å². The Morgan fingerprint density at radius 2 is 1.47 bits per heavy atom. The Balaban J connectivity index is 1.98. The van der Waals surface area contributed by atoms with Gasteiger partial charge in [0.15, 0.2) is 10.8 Å². The molecule has 2 aromatic heterocycles. The molecule has 0 bridgehead atoms.